The third kappa shape index (κ3) is 3.84. The van der Waals surface area contributed by atoms with Crippen LogP contribution >= 0.6 is 0 Å². The maximum absolute atomic E-state index is 11.8. The molecule has 4 aromatic carbocycles. The van der Waals surface area contributed by atoms with Crippen LogP contribution in [0.1, 0.15) is 41.4 Å². The Labute approximate surface area is 192 Å². The topological polar surface area (TPSA) is 149 Å². The fraction of sp³-hybridized carbons (Fsp3) is 0. The van der Waals surface area contributed by atoms with Crippen LogP contribution in [-0.2, 0) is 0 Å². The van der Waals surface area contributed by atoms with E-state index < -0.39 is 23.9 Å². The predicted octanol–water partition coefficient (Wildman–Crippen LogP) is 4.97. The molecule has 0 saturated heterocycles. The van der Waals surface area contributed by atoms with Crippen molar-refractivity contribution in [2.24, 2.45) is 0 Å². The first kappa shape index (κ1) is 22.2. The van der Waals surface area contributed by atoms with Gasteiger partial charge in [0.05, 0.1) is 22.3 Å². The van der Waals surface area contributed by atoms with Gasteiger partial charge in [-0.1, -0.05) is 48.5 Å². The average molecular weight is 456 g/mol. The zero-order valence-electron chi connectivity index (χ0n) is 17.4. The molecule has 4 N–H and O–H groups in total. The normalized spacial score (nSPS) is 10.7. The van der Waals surface area contributed by atoms with Gasteiger partial charge in [0.2, 0.25) is 0 Å². The van der Waals surface area contributed by atoms with Crippen molar-refractivity contribution < 1.29 is 39.6 Å². The maximum atomic E-state index is 11.8. The first-order valence-electron chi connectivity index (χ1n) is 9.93. The number of carbonyl (C=O) groups is 4. The summed E-state index contributed by atoms with van der Waals surface area (Å²) in [6.45, 7) is 0. The summed E-state index contributed by atoms with van der Waals surface area (Å²) in [7, 11) is 0. The molecule has 0 aromatic heterocycles. The van der Waals surface area contributed by atoms with Crippen molar-refractivity contribution in [3.05, 3.63) is 95.1 Å². The molecule has 0 bridgehead atoms. The molecule has 4 rings (SSSR count). The quantitative estimate of drug-likeness (QED) is 0.318. The fourth-order valence-corrected chi connectivity index (χ4v) is 3.98. The molecule has 34 heavy (non-hydrogen) atoms. The lowest BCUT2D eigenvalue weighted by molar-refractivity contribution is 0.0652. The zero-order chi connectivity index (χ0) is 24.6. The number of benzene rings is 4. The van der Waals surface area contributed by atoms with Crippen LogP contribution < -0.4 is 0 Å². The van der Waals surface area contributed by atoms with E-state index in [1.165, 1.54) is 36.4 Å². The summed E-state index contributed by atoms with van der Waals surface area (Å²) in [6, 6.07) is 18.6. The number of carboxylic acids is 4. The largest absolute Gasteiger partial charge is 0.478 e. The highest BCUT2D eigenvalue weighted by Crippen LogP contribution is 2.33. The molecule has 0 spiro atoms. The smallest absolute Gasteiger partial charge is 0.337 e. The first-order chi connectivity index (χ1) is 16.2. The number of fused-ring (bicyclic) bond motifs is 1. The lowest BCUT2D eigenvalue weighted by Gasteiger charge is -2.12. The van der Waals surface area contributed by atoms with E-state index in [4.69, 9.17) is 0 Å². The second-order valence-corrected chi connectivity index (χ2v) is 7.45. The fourth-order valence-electron chi connectivity index (χ4n) is 3.98. The molecule has 0 aliphatic rings. The van der Waals surface area contributed by atoms with Gasteiger partial charge in [-0.05, 0) is 57.3 Å². The lowest BCUT2D eigenvalue weighted by Crippen LogP contribution is -2.09. The van der Waals surface area contributed by atoms with Crippen LogP contribution in [0.4, 0.5) is 0 Å². The minimum absolute atomic E-state index is 0.251. The molecule has 0 saturated carbocycles. The van der Waals surface area contributed by atoms with E-state index in [0.29, 0.717) is 21.9 Å². The van der Waals surface area contributed by atoms with Gasteiger partial charge in [-0.2, -0.15) is 0 Å². The van der Waals surface area contributed by atoms with Gasteiger partial charge in [-0.25, -0.2) is 19.2 Å². The van der Waals surface area contributed by atoms with Crippen molar-refractivity contribution in [1.29, 1.82) is 0 Å². The standard InChI is InChI=1S/C26H16O8/c27-23(28)19-5-1-3-17(21(19)25(31)32)15-9-7-14-12-16(10-8-13(14)11-15)18-4-2-6-20(24(29)30)22(18)26(33)34/h1-12H,(H,27,28)(H,29,30)(H,31,32)(H,33,34). The number of hydrogen-bond acceptors (Lipinski definition) is 4. The molecule has 0 radical (unpaired) electrons. The zero-order valence-corrected chi connectivity index (χ0v) is 17.4. The Morgan fingerprint density at radius 2 is 0.853 bits per heavy atom. The van der Waals surface area contributed by atoms with Crippen LogP contribution in [0, 0.1) is 0 Å². The number of carboxylic acid groups (broad SMARTS) is 4. The predicted molar refractivity (Wildman–Crippen MR) is 123 cm³/mol. The van der Waals surface area contributed by atoms with Crippen LogP contribution in [0.5, 0.6) is 0 Å². The monoisotopic (exact) mass is 456 g/mol. The summed E-state index contributed by atoms with van der Waals surface area (Å²) >= 11 is 0. The van der Waals surface area contributed by atoms with E-state index in [-0.39, 0.29) is 33.4 Å². The van der Waals surface area contributed by atoms with E-state index in [2.05, 4.69) is 0 Å². The molecular weight excluding hydrogens is 440 g/mol. The van der Waals surface area contributed by atoms with Crippen molar-refractivity contribution >= 4 is 34.6 Å². The van der Waals surface area contributed by atoms with Crippen LogP contribution in [0.2, 0.25) is 0 Å². The van der Waals surface area contributed by atoms with Gasteiger partial charge < -0.3 is 20.4 Å². The van der Waals surface area contributed by atoms with Gasteiger partial charge in [-0.15, -0.1) is 0 Å². The van der Waals surface area contributed by atoms with Crippen LogP contribution in [0.25, 0.3) is 33.0 Å². The Morgan fingerprint density at radius 1 is 0.471 bits per heavy atom. The SMILES string of the molecule is O=C(O)c1cccc(-c2ccc3cc(-c4cccc(C(=O)O)c4C(=O)O)ccc3c2)c1C(=O)O. The van der Waals surface area contributed by atoms with E-state index in [1.54, 1.807) is 36.4 Å². The highest BCUT2D eigenvalue weighted by molar-refractivity contribution is 6.08. The van der Waals surface area contributed by atoms with E-state index in [9.17, 15) is 39.6 Å². The summed E-state index contributed by atoms with van der Waals surface area (Å²) < 4.78 is 0. The first-order valence-corrected chi connectivity index (χ1v) is 9.93. The molecule has 0 fully saturated rings. The highest BCUT2D eigenvalue weighted by Gasteiger charge is 2.22. The van der Waals surface area contributed by atoms with Crippen LogP contribution in [0.3, 0.4) is 0 Å². The molecular formula is C26H16O8. The third-order valence-electron chi connectivity index (χ3n) is 5.48. The Hall–Kier alpha value is -4.98. The molecule has 0 amide bonds. The summed E-state index contributed by atoms with van der Waals surface area (Å²) in [5.74, 6) is -5.41. The van der Waals surface area contributed by atoms with Gasteiger partial charge in [0.1, 0.15) is 0 Å². The van der Waals surface area contributed by atoms with Crippen molar-refractivity contribution in [3.8, 4) is 22.3 Å². The summed E-state index contributed by atoms with van der Waals surface area (Å²) in [4.78, 5) is 46.6. The van der Waals surface area contributed by atoms with Crippen molar-refractivity contribution in [2.45, 2.75) is 0 Å². The number of aromatic carboxylic acids is 4. The van der Waals surface area contributed by atoms with E-state index in [0.717, 1.165) is 0 Å². The van der Waals surface area contributed by atoms with E-state index >= 15 is 0 Å². The average Bonchev–Trinajstić information content (AvgIpc) is 2.82. The summed E-state index contributed by atoms with van der Waals surface area (Å²) in [5, 5.41) is 39.4. The Balaban J connectivity index is 1.86. The molecule has 0 aliphatic carbocycles. The van der Waals surface area contributed by atoms with Crippen LogP contribution in [-0.4, -0.2) is 44.3 Å². The molecule has 0 unspecified atom stereocenters. The molecule has 4 aromatic rings. The van der Waals surface area contributed by atoms with Gasteiger partial charge in [0, 0.05) is 0 Å². The maximum Gasteiger partial charge on any atom is 0.337 e. The van der Waals surface area contributed by atoms with Crippen molar-refractivity contribution in [2.75, 3.05) is 0 Å². The van der Waals surface area contributed by atoms with Crippen molar-refractivity contribution in [3.63, 3.8) is 0 Å². The highest BCUT2D eigenvalue weighted by atomic mass is 16.4. The lowest BCUT2D eigenvalue weighted by atomic mass is 9.91. The number of rotatable bonds is 6. The van der Waals surface area contributed by atoms with Crippen molar-refractivity contribution in [1.82, 2.24) is 0 Å². The minimum Gasteiger partial charge on any atom is -0.478 e. The van der Waals surface area contributed by atoms with Gasteiger partial charge in [0.15, 0.2) is 0 Å². The Bertz CT molecular complexity index is 1400. The van der Waals surface area contributed by atoms with E-state index in [1.807, 2.05) is 0 Å². The molecule has 0 aliphatic heterocycles. The van der Waals surface area contributed by atoms with Gasteiger partial charge in [0.25, 0.3) is 0 Å². The molecule has 0 atom stereocenters. The Kier molecular flexibility index (Phi) is 5.56. The van der Waals surface area contributed by atoms with Gasteiger partial charge in [-0.3, -0.25) is 0 Å². The molecule has 8 heteroatoms. The summed E-state index contributed by atoms with van der Waals surface area (Å²) in [6.07, 6.45) is 0. The molecule has 168 valence electrons. The van der Waals surface area contributed by atoms with Crippen LogP contribution in [0.15, 0.2) is 72.8 Å². The second-order valence-electron chi connectivity index (χ2n) is 7.45. The Morgan fingerprint density at radius 3 is 1.18 bits per heavy atom. The number of hydrogen-bond donors (Lipinski definition) is 4. The molecule has 8 nitrogen and oxygen atoms in total. The third-order valence-corrected chi connectivity index (χ3v) is 5.48. The second kappa shape index (κ2) is 8.51. The summed E-state index contributed by atoms with van der Waals surface area (Å²) in [5.41, 5.74) is 0.228. The molecule has 0 heterocycles. The minimum atomic E-state index is -1.36. The van der Waals surface area contributed by atoms with Gasteiger partial charge >= 0.3 is 23.9 Å².